The number of aromatic nitrogens is 3. The molecule has 3 N–H and O–H groups in total. The number of aliphatic hydroxyl groups is 1. The highest BCUT2D eigenvalue weighted by molar-refractivity contribution is 7.97. The van der Waals surface area contributed by atoms with Crippen LogP contribution in [0.3, 0.4) is 0 Å². The van der Waals surface area contributed by atoms with Gasteiger partial charge in [-0.2, -0.15) is 26.3 Å². The summed E-state index contributed by atoms with van der Waals surface area (Å²) >= 11 is 1.45. The molecule has 0 unspecified atom stereocenters. The largest absolute Gasteiger partial charge is 0.430 e. The van der Waals surface area contributed by atoms with Gasteiger partial charge in [0.25, 0.3) is 5.60 Å². The van der Waals surface area contributed by atoms with E-state index in [2.05, 4.69) is 21.9 Å². The van der Waals surface area contributed by atoms with Crippen LogP contribution in [0.2, 0.25) is 0 Å². The normalized spacial score (nSPS) is 18.3. The average molecular weight is 555 g/mol. The molecule has 2 aliphatic rings. The molecule has 2 aromatic rings. The van der Waals surface area contributed by atoms with E-state index in [1.54, 1.807) is 17.2 Å². The smallest absolute Gasteiger partial charge is 0.384 e. The average Bonchev–Trinajstić information content (AvgIpc) is 2.85. The van der Waals surface area contributed by atoms with Crippen molar-refractivity contribution >= 4 is 23.7 Å². The second-order valence-corrected chi connectivity index (χ2v) is 9.87. The zero-order valence-corrected chi connectivity index (χ0v) is 20.8. The van der Waals surface area contributed by atoms with Crippen molar-refractivity contribution in [2.24, 2.45) is 5.92 Å². The molecule has 0 saturated carbocycles. The maximum absolute atomic E-state index is 12.9. The molecular weight excluding hydrogens is 526 g/mol. The molecular formula is C22H28F6N6O2S. The number of hydrogen-bond donors (Lipinski definition) is 2. The number of ether oxygens (including phenoxy) is 1. The maximum Gasteiger partial charge on any atom is 0.430 e. The molecule has 0 atom stereocenters. The number of pyridine rings is 1. The van der Waals surface area contributed by atoms with Gasteiger partial charge in [-0.1, -0.05) is 6.92 Å². The van der Waals surface area contributed by atoms with Crippen LogP contribution in [0.15, 0.2) is 35.6 Å². The quantitative estimate of drug-likeness (QED) is 0.429. The minimum Gasteiger partial charge on any atom is -0.384 e. The van der Waals surface area contributed by atoms with Crippen LogP contribution in [0.5, 0.6) is 0 Å². The van der Waals surface area contributed by atoms with E-state index in [-0.39, 0.29) is 5.95 Å². The molecule has 4 heterocycles. The number of nitrogen functional groups attached to an aromatic ring is 1. The molecule has 2 saturated heterocycles. The van der Waals surface area contributed by atoms with E-state index in [0.29, 0.717) is 44.4 Å². The summed E-state index contributed by atoms with van der Waals surface area (Å²) in [5.41, 5.74) is -0.998. The monoisotopic (exact) mass is 554 g/mol. The van der Waals surface area contributed by atoms with E-state index in [0.717, 1.165) is 24.0 Å². The number of nitrogens with two attached hydrogens (primary N) is 1. The lowest BCUT2D eigenvalue weighted by molar-refractivity contribution is -0.376. The van der Waals surface area contributed by atoms with Gasteiger partial charge < -0.3 is 20.5 Å². The first-order valence-corrected chi connectivity index (χ1v) is 12.2. The number of nitrogens with zero attached hydrogens (tertiary/aromatic N) is 5. The molecule has 0 amide bonds. The van der Waals surface area contributed by atoms with Crippen LogP contribution in [0.1, 0.15) is 25.3 Å². The fourth-order valence-corrected chi connectivity index (χ4v) is 4.42. The van der Waals surface area contributed by atoms with Crippen LogP contribution < -0.4 is 10.6 Å². The highest BCUT2D eigenvalue weighted by atomic mass is 32.2. The fraction of sp³-hybridized carbons (Fsp3) is 0.591. The van der Waals surface area contributed by atoms with Crippen LogP contribution in [-0.2, 0) is 10.3 Å². The summed E-state index contributed by atoms with van der Waals surface area (Å²) in [6.45, 7) is 6.13. The lowest BCUT2D eigenvalue weighted by atomic mass is 9.95. The summed E-state index contributed by atoms with van der Waals surface area (Å²) in [7, 11) is 0. The number of hydrogen-bond acceptors (Lipinski definition) is 9. The Morgan fingerprint density at radius 2 is 1.49 bits per heavy atom. The van der Waals surface area contributed by atoms with Crippen molar-refractivity contribution in [1.82, 2.24) is 19.3 Å². The Balaban J connectivity index is 0.000000468. The third-order valence-corrected chi connectivity index (χ3v) is 6.98. The maximum atomic E-state index is 12.9. The topological polar surface area (TPSA) is 101 Å². The molecule has 2 aliphatic heterocycles. The number of anilines is 2. The van der Waals surface area contributed by atoms with Gasteiger partial charge in [0.2, 0.25) is 5.95 Å². The Bertz CT molecular complexity index is 965. The van der Waals surface area contributed by atoms with Crippen LogP contribution in [0, 0.1) is 5.92 Å². The van der Waals surface area contributed by atoms with Crippen LogP contribution >= 0.6 is 11.9 Å². The standard InChI is InChI=1S/C16H16F6N6OS.C6H12O/c17-15(18,19)14(29,16(20,21)22)10-7-25-13(26-8-10)27-3-5-28(6-4-27)30-11-1-2-12(23)24-9-11;1-6-2-4-7-5-3-6/h1-2,7-9,29H,3-6H2,(H2,23,24);6H,2-5H2,1H3. The van der Waals surface area contributed by atoms with Gasteiger partial charge in [-0.25, -0.2) is 19.3 Å². The van der Waals surface area contributed by atoms with Crippen LogP contribution in [0.4, 0.5) is 38.1 Å². The van der Waals surface area contributed by atoms with Crippen molar-refractivity contribution in [3.63, 3.8) is 0 Å². The predicted molar refractivity (Wildman–Crippen MR) is 126 cm³/mol. The van der Waals surface area contributed by atoms with Crippen molar-refractivity contribution < 1.29 is 36.2 Å². The minimum absolute atomic E-state index is 0.0238. The molecule has 0 radical (unpaired) electrons. The molecule has 2 aromatic heterocycles. The van der Waals surface area contributed by atoms with Gasteiger partial charge in [0.15, 0.2) is 0 Å². The Labute approximate surface area is 214 Å². The summed E-state index contributed by atoms with van der Waals surface area (Å²) in [6, 6.07) is 3.47. The second kappa shape index (κ2) is 12.0. The number of rotatable bonds is 4. The molecule has 4 rings (SSSR count). The third kappa shape index (κ3) is 7.36. The molecule has 206 valence electrons. The second-order valence-electron chi connectivity index (χ2n) is 8.70. The van der Waals surface area contributed by atoms with E-state index in [9.17, 15) is 31.4 Å². The lowest BCUT2D eigenvalue weighted by Gasteiger charge is -2.34. The number of halogens is 6. The van der Waals surface area contributed by atoms with Gasteiger partial charge in [0.05, 0.1) is 0 Å². The molecule has 0 spiro atoms. The summed E-state index contributed by atoms with van der Waals surface area (Å²) in [6.07, 6.45) is -7.10. The van der Waals surface area contributed by atoms with E-state index >= 15 is 0 Å². The first kappa shape index (κ1) is 29.2. The number of alkyl halides is 6. The van der Waals surface area contributed by atoms with Crippen LogP contribution in [-0.4, -0.2) is 76.1 Å². The van der Waals surface area contributed by atoms with Crippen molar-refractivity contribution in [1.29, 1.82) is 0 Å². The van der Waals surface area contributed by atoms with Gasteiger partial charge in [-0.05, 0) is 42.8 Å². The Morgan fingerprint density at radius 1 is 0.919 bits per heavy atom. The molecule has 0 aliphatic carbocycles. The summed E-state index contributed by atoms with van der Waals surface area (Å²) in [5, 5.41) is 9.38. The van der Waals surface area contributed by atoms with E-state index in [4.69, 9.17) is 10.5 Å². The fourth-order valence-electron chi connectivity index (χ4n) is 3.55. The molecule has 15 heteroatoms. The highest BCUT2D eigenvalue weighted by Crippen LogP contribution is 2.49. The summed E-state index contributed by atoms with van der Waals surface area (Å²) in [4.78, 5) is 13.7. The summed E-state index contributed by atoms with van der Waals surface area (Å²) < 4.78 is 84.7. The predicted octanol–water partition coefficient (Wildman–Crippen LogP) is 4.03. The van der Waals surface area contributed by atoms with Crippen molar-refractivity contribution in [2.75, 3.05) is 50.0 Å². The first-order valence-electron chi connectivity index (χ1n) is 11.5. The van der Waals surface area contributed by atoms with Gasteiger partial charge in [0, 0.05) is 68.4 Å². The summed E-state index contributed by atoms with van der Waals surface area (Å²) in [5.74, 6) is 1.28. The third-order valence-electron chi connectivity index (χ3n) is 5.90. The molecule has 37 heavy (non-hydrogen) atoms. The Kier molecular flexibility index (Phi) is 9.47. The van der Waals surface area contributed by atoms with Gasteiger partial charge in [0.1, 0.15) is 5.82 Å². The zero-order valence-electron chi connectivity index (χ0n) is 20.0. The molecule has 0 bridgehead atoms. The van der Waals surface area contributed by atoms with E-state index < -0.39 is 23.5 Å². The van der Waals surface area contributed by atoms with Crippen LogP contribution in [0.25, 0.3) is 0 Å². The lowest BCUT2D eigenvalue weighted by Crippen LogP contribution is -2.54. The Morgan fingerprint density at radius 3 is 1.92 bits per heavy atom. The van der Waals surface area contributed by atoms with E-state index in [1.165, 1.54) is 24.8 Å². The van der Waals surface area contributed by atoms with Crippen molar-refractivity contribution in [3.8, 4) is 0 Å². The van der Waals surface area contributed by atoms with Crippen molar-refractivity contribution in [2.45, 2.75) is 42.6 Å². The zero-order chi connectivity index (χ0) is 27.3. The van der Waals surface area contributed by atoms with Gasteiger partial charge >= 0.3 is 12.4 Å². The molecule has 8 nitrogen and oxygen atoms in total. The van der Waals surface area contributed by atoms with Crippen molar-refractivity contribution in [3.05, 3.63) is 36.3 Å². The van der Waals surface area contributed by atoms with Gasteiger partial charge in [-0.15, -0.1) is 0 Å². The van der Waals surface area contributed by atoms with Gasteiger partial charge in [-0.3, -0.25) is 0 Å². The number of piperazine rings is 1. The minimum atomic E-state index is -5.98. The van der Waals surface area contributed by atoms with E-state index in [1.807, 2.05) is 10.4 Å². The molecule has 0 aromatic carbocycles. The first-order chi connectivity index (χ1) is 17.3. The SMILES string of the molecule is CC1CCOCC1.Nc1ccc(SN2CCN(c3ncc(C(O)(C(F)(F)F)C(F)(F)F)cn3)CC2)cn1. The Hall–Kier alpha value is -2.36. The molecule has 2 fully saturated rings. The highest BCUT2D eigenvalue weighted by Gasteiger charge is 2.71.